The molecule has 0 radical (unpaired) electrons. The number of halogens is 2. The maximum absolute atomic E-state index is 6.01. The topological polar surface area (TPSA) is 22.1 Å². The van der Waals surface area contributed by atoms with Crippen LogP contribution in [0.3, 0.4) is 0 Å². The molecule has 0 fully saturated rings. The average Bonchev–Trinajstić information content (AvgIpc) is 2.49. The van der Waals surface area contributed by atoms with E-state index in [1.54, 1.807) is 0 Å². The van der Waals surface area contributed by atoms with Crippen molar-refractivity contribution in [2.45, 2.75) is 5.88 Å². The van der Waals surface area contributed by atoms with Crippen molar-refractivity contribution in [1.82, 2.24) is 4.98 Å². The van der Waals surface area contributed by atoms with Crippen LogP contribution in [0.2, 0.25) is 0 Å². The minimum atomic E-state index is 0.359. The molecule has 3 aromatic rings. The first-order valence-corrected chi connectivity index (χ1v) is 7.47. The number of alkyl halides is 1. The molecule has 2 nitrogen and oxygen atoms in total. The lowest BCUT2D eigenvalue weighted by molar-refractivity contribution is 0.458. The minimum Gasteiger partial charge on any atom is -0.437 e. The van der Waals surface area contributed by atoms with E-state index in [4.69, 9.17) is 16.3 Å². The van der Waals surface area contributed by atoms with Gasteiger partial charge in [0, 0.05) is 10.9 Å². The molecule has 3 rings (SSSR count). The molecule has 0 N–H and O–H groups in total. The van der Waals surface area contributed by atoms with Gasteiger partial charge in [-0.2, -0.15) is 0 Å². The Labute approximate surface area is 130 Å². The lowest BCUT2D eigenvalue weighted by Crippen LogP contribution is -1.94. The molecule has 0 aliphatic heterocycles. The zero-order valence-electron chi connectivity index (χ0n) is 10.5. The highest BCUT2D eigenvalue weighted by Gasteiger charge is 2.10. The highest BCUT2D eigenvalue weighted by atomic mass is 79.9. The van der Waals surface area contributed by atoms with Gasteiger partial charge in [-0.05, 0) is 40.2 Å². The molecule has 4 heteroatoms. The molecule has 0 bridgehead atoms. The van der Waals surface area contributed by atoms with E-state index in [0.29, 0.717) is 11.8 Å². The second kappa shape index (κ2) is 5.81. The van der Waals surface area contributed by atoms with Crippen LogP contribution in [0.25, 0.3) is 10.9 Å². The first-order valence-electron chi connectivity index (χ1n) is 6.15. The summed E-state index contributed by atoms with van der Waals surface area (Å²) in [5.41, 5.74) is 1.77. The summed E-state index contributed by atoms with van der Waals surface area (Å²) in [5, 5.41) is 1.06. The zero-order chi connectivity index (χ0) is 13.9. The van der Waals surface area contributed by atoms with Crippen LogP contribution in [0.15, 0.2) is 59.1 Å². The number of fused-ring (bicyclic) bond motifs is 1. The number of aromatic nitrogens is 1. The van der Waals surface area contributed by atoms with Gasteiger partial charge >= 0.3 is 0 Å². The molecule has 0 amide bonds. The van der Waals surface area contributed by atoms with Crippen molar-refractivity contribution in [3.8, 4) is 11.6 Å². The summed E-state index contributed by atoms with van der Waals surface area (Å²) in [5.74, 6) is 1.63. The normalized spacial score (nSPS) is 10.7. The van der Waals surface area contributed by atoms with E-state index < -0.39 is 0 Å². The lowest BCUT2D eigenvalue weighted by atomic mass is 10.2. The number of benzene rings is 2. The Kier molecular flexibility index (Phi) is 3.90. The fourth-order valence-electron chi connectivity index (χ4n) is 1.96. The van der Waals surface area contributed by atoms with Gasteiger partial charge in [0.15, 0.2) is 0 Å². The van der Waals surface area contributed by atoms with Crippen LogP contribution < -0.4 is 4.74 Å². The number of rotatable bonds is 3. The molecule has 0 aliphatic rings. The molecule has 1 heterocycles. The van der Waals surface area contributed by atoms with Crippen molar-refractivity contribution < 1.29 is 4.74 Å². The van der Waals surface area contributed by atoms with Gasteiger partial charge < -0.3 is 4.74 Å². The Morgan fingerprint density at radius 2 is 1.80 bits per heavy atom. The Hall–Kier alpha value is -1.58. The smallest absolute Gasteiger partial charge is 0.224 e. The molecular formula is C16H11BrClNO. The first-order chi connectivity index (χ1) is 9.78. The second-order valence-electron chi connectivity index (χ2n) is 4.31. The standard InChI is InChI=1S/C16H11BrClNO/c17-13-6-2-4-8-15(13)20-16-12(10-18)9-11-5-1-3-7-14(11)19-16/h1-9H,10H2. The summed E-state index contributed by atoms with van der Waals surface area (Å²) in [7, 11) is 0. The predicted octanol–water partition coefficient (Wildman–Crippen LogP) is 5.53. The summed E-state index contributed by atoms with van der Waals surface area (Å²) in [6, 6.07) is 17.6. The minimum absolute atomic E-state index is 0.359. The second-order valence-corrected chi connectivity index (χ2v) is 5.43. The van der Waals surface area contributed by atoms with Gasteiger partial charge in [-0.3, -0.25) is 0 Å². The van der Waals surface area contributed by atoms with Gasteiger partial charge in [-0.25, -0.2) is 4.98 Å². The summed E-state index contributed by atoms with van der Waals surface area (Å²) in [4.78, 5) is 4.55. The monoisotopic (exact) mass is 347 g/mol. The van der Waals surface area contributed by atoms with E-state index in [2.05, 4.69) is 20.9 Å². The Balaban J connectivity index is 2.08. The van der Waals surface area contributed by atoms with Gasteiger partial charge in [-0.15, -0.1) is 11.6 Å². The van der Waals surface area contributed by atoms with Gasteiger partial charge in [0.05, 0.1) is 15.9 Å². The van der Waals surface area contributed by atoms with Crippen molar-refractivity contribution >= 4 is 38.4 Å². The van der Waals surface area contributed by atoms with Crippen molar-refractivity contribution in [3.63, 3.8) is 0 Å². The zero-order valence-corrected chi connectivity index (χ0v) is 12.9. The molecule has 1 aromatic heterocycles. The fraction of sp³-hybridized carbons (Fsp3) is 0.0625. The van der Waals surface area contributed by atoms with Crippen LogP contribution in [-0.2, 0) is 5.88 Å². The van der Waals surface area contributed by atoms with E-state index in [1.807, 2.05) is 54.6 Å². The number of hydrogen-bond acceptors (Lipinski definition) is 2. The number of ether oxygens (including phenoxy) is 1. The van der Waals surface area contributed by atoms with Gasteiger partial charge in [-0.1, -0.05) is 30.3 Å². The van der Waals surface area contributed by atoms with E-state index in [9.17, 15) is 0 Å². The molecule has 2 aromatic carbocycles. The summed E-state index contributed by atoms with van der Waals surface area (Å²) >= 11 is 9.47. The summed E-state index contributed by atoms with van der Waals surface area (Å²) in [6.07, 6.45) is 0. The summed E-state index contributed by atoms with van der Waals surface area (Å²) in [6.45, 7) is 0. The van der Waals surface area contributed by atoms with Crippen LogP contribution in [0.4, 0.5) is 0 Å². The molecule has 0 unspecified atom stereocenters. The Bertz CT molecular complexity index is 760. The van der Waals surface area contributed by atoms with Crippen LogP contribution in [-0.4, -0.2) is 4.98 Å². The fourth-order valence-corrected chi connectivity index (χ4v) is 2.51. The number of para-hydroxylation sites is 2. The van der Waals surface area contributed by atoms with E-state index in [-0.39, 0.29) is 0 Å². The molecular weight excluding hydrogens is 338 g/mol. The third-order valence-electron chi connectivity index (χ3n) is 2.95. The van der Waals surface area contributed by atoms with Crippen molar-refractivity contribution in [1.29, 1.82) is 0 Å². The molecule has 0 spiro atoms. The Morgan fingerprint density at radius 3 is 2.60 bits per heavy atom. The van der Waals surface area contributed by atoms with Crippen LogP contribution in [0, 0.1) is 0 Å². The summed E-state index contributed by atoms with van der Waals surface area (Å²) < 4.78 is 6.78. The molecule has 0 atom stereocenters. The van der Waals surface area contributed by atoms with E-state index in [1.165, 1.54) is 0 Å². The van der Waals surface area contributed by atoms with Gasteiger partial charge in [0.2, 0.25) is 5.88 Å². The SMILES string of the molecule is ClCc1cc2ccccc2nc1Oc1ccccc1Br. The third kappa shape index (κ3) is 2.65. The lowest BCUT2D eigenvalue weighted by Gasteiger charge is -2.11. The molecule has 100 valence electrons. The quantitative estimate of drug-likeness (QED) is 0.581. The average molecular weight is 349 g/mol. The first kappa shape index (κ1) is 13.4. The predicted molar refractivity (Wildman–Crippen MR) is 85.5 cm³/mol. The van der Waals surface area contributed by atoms with Crippen molar-refractivity contribution in [2.75, 3.05) is 0 Å². The van der Waals surface area contributed by atoms with Crippen LogP contribution in [0.5, 0.6) is 11.6 Å². The number of nitrogens with zero attached hydrogens (tertiary/aromatic N) is 1. The molecule has 0 saturated heterocycles. The number of hydrogen-bond donors (Lipinski definition) is 0. The maximum atomic E-state index is 6.01. The highest BCUT2D eigenvalue weighted by Crippen LogP contribution is 2.32. The maximum Gasteiger partial charge on any atom is 0.224 e. The highest BCUT2D eigenvalue weighted by molar-refractivity contribution is 9.10. The Morgan fingerprint density at radius 1 is 1.05 bits per heavy atom. The van der Waals surface area contributed by atoms with E-state index >= 15 is 0 Å². The van der Waals surface area contributed by atoms with Gasteiger partial charge in [0.1, 0.15) is 5.75 Å². The molecule has 0 saturated carbocycles. The van der Waals surface area contributed by atoms with Crippen molar-refractivity contribution in [2.24, 2.45) is 0 Å². The molecule has 20 heavy (non-hydrogen) atoms. The van der Waals surface area contributed by atoms with Crippen LogP contribution in [0.1, 0.15) is 5.56 Å². The van der Waals surface area contributed by atoms with Crippen LogP contribution >= 0.6 is 27.5 Å². The van der Waals surface area contributed by atoms with E-state index in [0.717, 1.165) is 26.7 Å². The largest absolute Gasteiger partial charge is 0.437 e. The number of pyridine rings is 1. The van der Waals surface area contributed by atoms with Crippen molar-refractivity contribution in [3.05, 3.63) is 64.6 Å². The van der Waals surface area contributed by atoms with Gasteiger partial charge in [0.25, 0.3) is 0 Å². The molecule has 0 aliphatic carbocycles. The third-order valence-corrected chi connectivity index (χ3v) is 3.89.